The zero-order valence-corrected chi connectivity index (χ0v) is 20.8. The van der Waals surface area contributed by atoms with Crippen LogP contribution in [-0.4, -0.2) is 0 Å². The van der Waals surface area contributed by atoms with Crippen molar-refractivity contribution < 1.29 is 0 Å². The van der Waals surface area contributed by atoms with Crippen LogP contribution in [0.3, 0.4) is 0 Å². The van der Waals surface area contributed by atoms with E-state index in [1.165, 1.54) is 0 Å². The molecule has 0 aromatic heterocycles. The molecule has 0 heterocycles. The van der Waals surface area contributed by atoms with Gasteiger partial charge in [0, 0.05) is 45.5 Å². The van der Waals surface area contributed by atoms with E-state index in [-0.39, 0.29) is 0 Å². The SMILES string of the molecule is CC.Nc1ccc(N(c2ccccc2)c2ccc(N(c3ccccc3)c3ccc(N)cc3)cc2)cc1. The molecule has 180 valence electrons. The first-order valence-electron chi connectivity index (χ1n) is 12.2. The summed E-state index contributed by atoms with van der Waals surface area (Å²) < 4.78 is 0. The summed E-state index contributed by atoms with van der Waals surface area (Å²) >= 11 is 0. The topological polar surface area (TPSA) is 58.5 Å². The quantitative estimate of drug-likeness (QED) is 0.242. The van der Waals surface area contributed by atoms with Crippen LogP contribution >= 0.6 is 0 Å². The Morgan fingerprint density at radius 2 is 0.556 bits per heavy atom. The minimum atomic E-state index is 0.745. The van der Waals surface area contributed by atoms with Crippen LogP contribution in [-0.2, 0) is 0 Å². The average molecular weight is 473 g/mol. The summed E-state index contributed by atoms with van der Waals surface area (Å²) in [5.74, 6) is 0. The highest BCUT2D eigenvalue weighted by Gasteiger charge is 2.15. The summed E-state index contributed by atoms with van der Waals surface area (Å²) in [7, 11) is 0. The summed E-state index contributed by atoms with van der Waals surface area (Å²) in [6.45, 7) is 4.00. The molecule has 0 aliphatic carbocycles. The molecule has 4 heteroatoms. The van der Waals surface area contributed by atoms with E-state index in [0.717, 1.165) is 45.5 Å². The number of hydrogen-bond donors (Lipinski definition) is 2. The van der Waals surface area contributed by atoms with Gasteiger partial charge in [0.15, 0.2) is 0 Å². The number of anilines is 8. The summed E-state index contributed by atoms with van der Waals surface area (Å²) in [6.07, 6.45) is 0. The maximum Gasteiger partial charge on any atom is 0.0463 e. The fraction of sp³-hybridized carbons (Fsp3) is 0.0625. The lowest BCUT2D eigenvalue weighted by atomic mass is 10.1. The zero-order valence-electron chi connectivity index (χ0n) is 20.8. The lowest BCUT2D eigenvalue weighted by Gasteiger charge is -2.28. The Kier molecular flexibility index (Phi) is 7.89. The molecule has 0 aliphatic heterocycles. The Hall–Kier alpha value is -4.70. The van der Waals surface area contributed by atoms with Gasteiger partial charge in [0.25, 0.3) is 0 Å². The molecule has 4 N–H and O–H groups in total. The molecule has 0 atom stereocenters. The standard InChI is InChI=1S/C30H26N4.C2H6/c31-23-11-15-27(16-12-23)33(25-7-3-1-4-8-25)29-19-21-30(22-20-29)34(26-9-5-2-6-10-26)28-17-13-24(32)14-18-28;1-2/h1-22H,31-32H2;1-2H3. The first kappa shape index (κ1) is 24.4. The molecule has 0 spiro atoms. The van der Waals surface area contributed by atoms with Gasteiger partial charge in [-0.1, -0.05) is 50.2 Å². The third kappa shape index (κ3) is 5.50. The second kappa shape index (κ2) is 11.6. The molecule has 0 aliphatic rings. The molecule has 0 saturated carbocycles. The minimum Gasteiger partial charge on any atom is -0.399 e. The Labute approximate surface area is 214 Å². The molecule has 0 unspecified atom stereocenters. The molecule has 5 aromatic rings. The maximum atomic E-state index is 5.95. The normalized spacial score (nSPS) is 10.2. The molecule has 36 heavy (non-hydrogen) atoms. The van der Waals surface area contributed by atoms with E-state index in [1.54, 1.807) is 0 Å². The van der Waals surface area contributed by atoms with Crippen LogP contribution in [0.15, 0.2) is 133 Å². The summed E-state index contributed by atoms with van der Waals surface area (Å²) in [4.78, 5) is 4.44. The lowest BCUT2D eigenvalue weighted by molar-refractivity contribution is 1.26. The molecule has 0 saturated heterocycles. The zero-order chi connectivity index (χ0) is 25.3. The predicted octanol–water partition coefficient (Wildman–Crippen LogP) is 8.82. The maximum absolute atomic E-state index is 5.95. The molecule has 5 aromatic carbocycles. The molecule has 0 fully saturated rings. The number of para-hydroxylation sites is 2. The number of rotatable bonds is 6. The third-order valence-electron chi connectivity index (χ3n) is 5.70. The van der Waals surface area contributed by atoms with E-state index in [0.29, 0.717) is 0 Å². The van der Waals surface area contributed by atoms with Crippen LogP contribution in [0.2, 0.25) is 0 Å². The predicted molar refractivity (Wildman–Crippen MR) is 156 cm³/mol. The smallest absolute Gasteiger partial charge is 0.0463 e. The van der Waals surface area contributed by atoms with Crippen LogP contribution in [0, 0.1) is 0 Å². The van der Waals surface area contributed by atoms with Crippen molar-refractivity contribution in [3.63, 3.8) is 0 Å². The van der Waals surface area contributed by atoms with Gasteiger partial charge in [-0.25, -0.2) is 0 Å². The van der Waals surface area contributed by atoms with E-state index in [2.05, 4.69) is 58.3 Å². The largest absolute Gasteiger partial charge is 0.399 e. The van der Waals surface area contributed by atoms with Gasteiger partial charge in [0.1, 0.15) is 0 Å². The van der Waals surface area contributed by atoms with Gasteiger partial charge in [0.05, 0.1) is 0 Å². The fourth-order valence-electron chi connectivity index (χ4n) is 4.05. The van der Waals surface area contributed by atoms with E-state index in [9.17, 15) is 0 Å². The van der Waals surface area contributed by atoms with Crippen molar-refractivity contribution in [1.29, 1.82) is 0 Å². The lowest BCUT2D eigenvalue weighted by Crippen LogP contribution is -2.12. The van der Waals surface area contributed by atoms with Crippen molar-refractivity contribution in [2.24, 2.45) is 0 Å². The van der Waals surface area contributed by atoms with Crippen LogP contribution in [0.4, 0.5) is 45.5 Å². The van der Waals surface area contributed by atoms with E-state index >= 15 is 0 Å². The second-order valence-corrected chi connectivity index (χ2v) is 8.04. The Balaban J connectivity index is 0.00000148. The first-order valence-corrected chi connectivity index (χ1v) is 12.2. The van der Waals surface area contributed by atoms with Crippen molar-refractivity contribution in [1.82, 2.24) is 0 Å². The van der Waals surface area contributed by atoms with E-state index in [4.69, 9.17) is 11.5 Å². The third-order valence-corrected chi connectivity index (χ3v) is 5.70. The molecule has 5 rings (SSSR count). The fourth-order valence-corrected chi connectivity index (χ4v) is 4.05. The van der Waals surface area contributed by atoms with Crippen molar-refractivity contribution in [2.45, 2.75) is 13.8 Å². The van der Waals surface area contributed by atoms with Crippen molar-refractivity contribution >= 4 is 45.5 Å². The van der Waals surface area contributed by atoms with Gasteiger partial charge < -0.3 is 21.3 Å². The van der Waals surface area contributed by atoms with Crippen LogP contribution in [0.25, 0.3) is 0 Å². The van der Waals surface area contributed by atoms with Crippen LogP contribution in [0.1, 0.15) is 13.8 Å². The van der Waals surface area contributed by atoms with E-state index in [1.807, 2.05) is 98.8 Å². The molecule has 0 amide bonds. The van der Waals surface area contributed by atoms with Gasteiger partial charge in [0.2, 0.25) is 0 Å². The molecule has 0 radical (unpaired) electrons. The highest BCUT2D eigenvalue weighted by Crippen LogP contribution is 2.39. The molecule has 0 bridgehead atoms. The first-order chi connectivity index (χ1) is 17.7. The van der Waals surface area contributed by atoms with Gasteiger partial charge in [-0.3, -0.25) is 0 Å². The number of hydrogen-bond acceptors (Lipinski definition) is 4. The molecule has 4 nitrogen and oxygen atoms in total. The monoisotopic (exact) mass is 472 g/mol. The molecular weight excluding hydrogens is 440 g/mol. The van der Waals surface area contributed by atoms with Gasteiger partial charge in [-0.2, -0.15) is 0 Å². The Morgan fingerprint density at radius 1 is 0.333 bits per heavy atom. The second-order valence-electron chi connectivity index (χ2n) is 8.04. The summed E-state index contributed by atoms with van der Waals surface area (Å²) in [5, 5.41) is 0. The van der Waals surface area contributed by atoms with Crippen LogP contribution < -0.4 is 21.3 Å². The van der Waals surface area contributed by atoms with Gasteiger partial charge in [-0.05, 0) is 97.1 Å². The highest BCUT2D eigenvalue weighted by atomic mass is 15.2. The van der Waals surface area contributed by atoms with E-state index < -0.39 is 0 Å². The highest BCUT2D eigenvalue weighted by molar-refractivity contribution is 5.81. The number of benzene rings is 5. The number of nitrogens with zero attached hydrogens (tertiary/aromatic N) is 2. The van der Waals surface area contributed by atoms with Crippen molar-refractivity contribution in [2.75, 3.05) is 21.3 Å². The Bertz CT molecular complexity index is 1220. The van der Waals surface area contributed by atoms with Gasteiger partial charge >= 0.3 is 0 Å². The van der Waals surface area contributed by atoms with Crippen LogP contribution in [0.5, 0.6) is 0 Å². The summed E-state index contributed by atoms with van der Waals surface area (Å²) in [6, 6.07) is 45.1. The van der Waals surface area contributed by atoms with Gasteiger partial charge in [-0.15, -0.1) is 0 Å². The number of nitrogens with two attached hydrogens (primary N) is 2. The van der Waals surface area contributed by atoms with Crippen molar-refractivity contribution in [3.8, 4) is 0 Å². The van der Waals surface area contributed by atoms with Crippen molar-refractivity contribution in [3.05, 3.63) is 133 Å². The minimum absolute atomic E-state index is 0.745. The summed E-state index contributed by atoms with van der Waals surface area (Å²) in [5.41, 5.74) is 19.8. The molecular formula is C32H32N4. The Morgan fingerprint density at radius 3 is 0.833 bits per heavy atom. The number of nitrogen functional groups attached to an aromatic ring is 2. The average Bonchev–Trinajstić information content (AvgIpc) is 2.94.